The zero-order valence-corrected chi connectivity index (χ0v) is 13.8. The summed E-state index contributed by atoms with van der Waals surface area (Å²) in [6.07, 6.45) is 1.85. The van der Waals surface area contributed by atoms with E-state index in [4.69, 9.17) is 0 Å². The number of carbonyl (C=O) groups is 1. The molecule has 5 nitrogen and oxygen atoms in total. The average Bonchev–Trinajstić information content (AvgIpc) is 3.03. The van der Waals surface area contributed by atoms with Crippen molar-refractivity contribution in [3.05, 3.63) is 63.4 Å². The maximum atomic E-state index is 13.1. The van der Waals surface area contributed by atoms with E-state index in [0.29, 0.717) is 27.4 Å². The highest BCUT2D eigenvalue weighted by molar-refractivity contribution is 7.07. The number of aryl methyl sites for hydroxylation is 2. The van der Waals surface area contributed by atoms with Crippen LogP contribution >= 0.6 is 11.3 Å². The van der Waals surface area contributed by atoms with Crippen molar-refractivity contribution >= 4 is 17.2 Å². The summed E-state index contributed by atoms with van der Waals surface area (Å²) in [7, 11) is 1.84. The SMILES string of the molecule is Cc1nn(-c2ccc(F)cc2)c(C)c1C(=O)N=c1sccn1C. The van der Waals surface area contributed by atoms with Gasteiger partial charge in [-0.1, -0.05) is 0 Å². The molecule has 0 radical (unpaired) electrons. The van der Waals surface area contributed by atoms with Gasteiger partial charge in [0.2, 0.25) is 0 Å². The number of aromatic nitrogens is 3. The quantitative estimate of drug-likeness (QED) is 0.725. The van der Waals surface area contributed by atoms with Gasteiger partial charge in [0.15, 0.2) is 4.80 Å². The smallest absolute Gasteiger partial charge is 0.283 e. The highest BCUT2D eigenvalue weighted by Gasteiger charge is 2.19. The second-order valence-corrected chi connectivity index (χ2v) is 6.02. The molecule has 0 aliphatic rings. The Bertz CT molecular complexity index is 934. The number of thiazole rings is 1. The van der Waals surface area contributed by atoms with E-state index in [1.807, 2.05) is 18.6 Å². The van der Waals surface area contributed by atoms with Crippen LogP contribution in [0.5, 0.6) is 0 Å². The third-order valence-corrected chi connectivity index (χ3v) is 4.38. The third-order valence-electron chi connectivity index (χ3n) is 3.53. The third kappa shape index (κ3) is 2.87. The fourth-order valence-electron chi connectivity index (χ4n) is 2.36. The molecule has 0 N–H and O–H groups in total. The summed E-state index contributed by atoms with van der Waals surface area (Å²) in [6.45, 7) is 3.57. The van der Waals surface area contributed by atoms with Crippen molar-refractivity contribution in [3.63, 3.8) is 0 Å². The molecule has 0 saturated heterocycles. The van der Waals surface area contributed by atoms with Crippen LogP contribution in [0.3, 0.4) is 0 Å². The van der Waals surface area contributed by atoms with E-state index in [9.17, 15) is 9.18 Å². The first-order valence-electron chi connectivity index (χ1n) is 6.98. The van der Waals surface area contributed by atoms with E-state index in [2.05, 4.69) is 10.1 Å². The Labute approximate surface area is 136 Å². The van der Waals surface area contributed by atoms with Gasteiger partial charge in [-0.05, 0) is 38.1 Å². The zero-order valence-electron chi connectivity index (χ0n) is 12.9. The lowest BCUT2D eigenvalue weighted by Gasteiger charge is -2.04. The highest BCUT2D eigenvalue weighted by Crippen LogP contribution is 2.19. The van der Waals surface area contributed by atoms with E-state index in [0.717, 1.165) is 0 Å². The molecule has 7 heteroatoms. The first-order valence-corrected chi connectivity index (χ1v) is 7.86. The molecular formula is C16H15FN4OS. The molecule has 1 amide bonds. The minimum Gasteiger partial charge on any atom is -0.327 e. The molecule has 3 aromatic rings. The summed E-state index contributed by atoms with van der Waals surface area (Å²) in [5, 5.41) is 6.26. The molecule has 2 aromatic heterocycles. The molecule has 0 bridgehead atoms. The summed E-state index contributed by atoms with van der Waals surface area (Å²) in [4.78, 5) is 17.3. The van der Waals surface area contributed by atoms with Gasteiger partial charge in [0.05, 0.1) is 22.6 Å². The summed E-state index contributed by atoms with van der Waals surface area (Å²) in [6, 6.07) is 5.98. The molecule has 118 valence electrons. The van der Waals surface area contributed by atoms with Crippen LogP contribution in [0.4, 0.5) is 4.39 Å². The van der Waals surface area contributed by atoms with Crippen LogP contribution in [-0.2, 0) is 7.05 Å². The van der Waals surface area contributed by atoms with E-state index >= 15 is 0 Å². The van der Waals surface area contributed by atoms with Crippen LogP contribution in [0, 0.1) is 19.7 Å². The summed E-state index contributed by atoms with van der Waals surface area (Å²) < 4.78 is 16.5. The van der Waals surface area contributed by atoms with Crippen LogP contribution in [-0.4, -0.2) is 20.3 Å². The van der Waals surface area contributed by atoms with Crippen LogP contribution in [0.1, 0.15) is 21.7 Å². The molecule has 0 fully saturated rings. The molecule has 2 heterocycles. The van der Waals surface area contributed by atoms with Gasteiger partial charge >= 0.3 is 0 Å². The van der Waals surface area contributed by atoms with E-state index < -0.39 is 0 Å². The standard InChI is InChI=1S/C16H15FN4OS/c1-10-14(15(22)18-16-20(3)8-9-23-16)11(2)21(19-10)13-6-4-12(17)5-7-13/h4-9H,1-3H3. The molecule has 0 saturated carbocycles. The molecule has 0 aliphatic heterocycles. The van der Waals surface area contributed by atoms with Crippen molar-refractivity contribution in [1.82, 2.24) is 14.3 Å². The Balaban J connectivity index is 2.06. The molecule has 3 rings (SSSR count). The van der Waals surface area contributed by atoms with Gasteiger partial charge < -0.3 is 4.57 Å². The number of halogens is 1. The maximum absolute atomic E-state index is 13.1. The van der Waals surface area contributed by atoms with Gasteiger partial charge in [-0.15, -0.1) is 11.3 Å². The number of carbonyl (C=O) groups excluding carboxylic acids is 1. The minimum absolute atomic E-state index is 0.313. The Morgan fingerprint density at radius 3 is 2.57 bits per heavy atom. The van der Waals surface area contributed by atoms with Crippen molar-refractivity contribution in [2.45, 2.75) is 13.8 Å². The van der Waals surface area contributed by atoms with Gasteiger partial charge in [-0.25, -0.2) is 9.07 Å². The number of nitrogens with zero attached hydrogens (tertiary/aromatic N) is 4. The second-order valence-electron chi connectivity index (χ2n) is 5.15. The predicted molar refractivity (Wildman–Crippen MR) is 86.2 cm³/mol. The highest BCUT2D eigenvalue weighted by atomic mass is 32.1. The summed E-state index contributed by atoms with van der Waals surface area (Å²) >= 11 is 1.40. The van der Waals surface area contributed by atoms with Crippen LogP contribution in [0.25, 0.3) is 5.69 Å². The number of amides is 1. The van der Waals surface area contributed by atoms with Crippen LogP contribution in [0.15, 0.2) is 40.8 Å². The fraction of sp³-hybridized carbons (Fsp3) is 0.188. The Hall–Kier alpha value is -2.54. The predicted octanol–water partition coefficient (Wildman–Crippen LogP) is 2.77. The van der Waals surface area contributed by atoms with E-state index in [1.165, 1.54) is 23.5 Å². The molecular weight excluding hydrogens is 315 g/mol. The molecule has 0 unspecified atom stereocenters. The van der Waals surface area contributed by atoms with Gasteiger partial charge in [-0.2, -0.15) is 10.1 Å². The Morgan fingerprint density at radius 2 is 1.96 bits per heavy atom. The first kappa shape index (κ1) is 15.4. The molecule has 0 aliphatic carbocycles. The molecule has 23 heavy (non-hydrogen) atoms. The minimum atomic E-state index is -0.327. The maximum Gasteiger partial charge on any atom is 0.283 e. The monoisotopic (exact) mass is 330 g/mol. The fourth-order valence-corrected chi connectivity index (χ4v) is 3.09. The number of hydrogen-bond donors (Lipinski definition) is 0. The number of rotatable bonds is 2. The van der Waals surface area contributed by atoms with Crippen molar-refractivity contribution in [1.29, 1.82) is 0 Å². The Kier molecular flexibility index (Phi) is 3.96. The van der Waals surface area contributed by atoms with Crippen molar-refractivity contribution in [2.75, 3.05) is 0 Å². The normalized spacial score (nSPS) is 11.9. The lowest BCUT2D eigenvalue weighted by molar-refractivity contribution is 0.0996. The average molecular weight is 330 g/mol. The summed E-state index contributed by atoms with van der Waals surface area (Å²) in [5.41, 5.74) is 2.46. The van der Waals surface area contributed by atoms with Gasteiger partial charge in [-0.3, -0.25) is 4.79 Å². The number of benzene rings is 1. The molecule has 0 atom stereocenters. The Morgan fingerprint density at radius 1 is 1.26 bits per heavy atom. The number of hydrogen-bond acceptors (Lipinski definition) is 3. The van der Waals surface area contributed by atoms with Gasteiger partial charge in [0, 0.05) is 18.6 Å². The van der Waals surface area contributed by atoms with Crippen molar-refractivity contribution in [3.8, 4) is 5.69 Å². The van der Waals surface area contributed by atoms with Crippen LogP contribution in [0.2, 0.25) is 0 Å². The lowest BCUT2D eigenvalue weighted by Crippen LogP contribution is -2.13. The second kappa shape index (κ2) is 5.92. The largest absolute Gasteiger partial charge is 0.327 e. The van der Waals surface area contributed by atoms with Crippen LogP contribution < -0.4 is 4.80 Å². The lowest BCUT2D eigenvalue weighted by atomic mass is 10.2. The van der Waals surface area contributed by atoms with Gasteiger partial charge in [0.1, 0.15) is 5.82 Å². The zero-order chi connectivity index (χ0) is 16.6. The molecule has 1 aromatic carbocycles. The van der Waals surface area contributed by atoms with Crippen molar-refractivity contribution < 1.29 is 9.18 Å². The van der Waals surface area contributed by atoms with E-state index in [1.54, 1.807) is 35.2 Å². The first-order chi connectivity index (χ1) is 11.0. The van der Waals surface area contributed by atoms with Crippen molar-refractivity contribution in [2.24, 2.45) is 12.0 Å². The van der Waals surface area contributed by atoms with E-state index in [-0.39, 0.29) is 11.7 Å². The molecule has 0 spiro atoms. The van der Waals surface area contributed by atoms with Gasteiger partial charge in [0.25, 0.3) is 5.91 Å². The summed E-state index contributed by atoms with van der Waals surface area (Å²) in [5.74, 6) is -0.641. The topological polar surface area (TPSA) is 52.2 Å².